The molecule has 124 valence electrons. The van der Waals surface area contributed by atoms with Gasteiger partial charge in [-0.15, -0.1) is 0 Å². The summed E-state index contributed by atoms with van der Waals surface area (Å²) in [6.45, 7) is 4.63. The van der Waals surface area contributed by atoms with Crippen molar-refractivity contribution in [3.05, 3.63) is 0 Å². The number of ketones is 1. The van der Waals surface area contributed by atoms with E-state index in [2.05, 4.69) is 13.8 Å². The molecule has 22 heavy (non-hydrogen) atoms. The maximum Gasteiger partial charge on any atom is 0.136 e. The molecule has 4 aliphatic rings. The van der Waals surface area contributed by atoms with Gasteiger partial charge in [0, 0.05) is 17.9 Å². The van der Waals surface area contributed by atoms with E-state index >= 15 is 0 Å². The molecule has 0 aromatic heterocycles. The molecule has 4 aliphatic carbocycles. The van der Waals surface area contributed by atoms with E-state index < -0.39 is 0 Å². The minimum absolute atomic E-state index is 0.249. The Kier molecular flexibility index (Phi) is 3.30. The second-order valence-corrected chi connectivity index (χ2v) is 9.07. The first-order valence-electron chi connectivity index (χ1n) is 9.37. The molecule has 0 aromatic rings. The van der Waals surface area contributed by atoms with Crippen LogP contribution >= 0.6 is 0 Å². The van der Waals surface area contributed by atoms with E-state index in [1.54, 1.807) is 0 Å². The van der Waals surface area contributed by atoms with Crippen molar-refractivity contribution in [2.45, 2.75) is 76.9 Å². The van der Waals surface area contributed by atoms with Crippen molar-refractivity contribution in [1.82, 2.24) is 0 Å². The molecular formula is C19H31NO2. The summed E-state index contributed by atoms with van der Waals surface area (Å²) in [7, 11) is 0. The highest BCUT2D eigenvalue weighted by molar-refractivity contribution is 5.82. The van der Waals surface area contributed by atoms with Gasteiger partial charge in [0.25, 0.3) is 0 Å². The van der Waals surface area contributed by atoms with Gasteiger partial charge in [-0.2, -0.15) is 0 Å². The maximum atomic E-state index is 12.2. The van der Waals surface area contributed by atoms with E-state index in [9.17, 15) is 9.90 Å². The Bertz CT molecular complexity index is 492. The van der Waals surface area contributed by atoms with Gasteiger partial charge >= 0.3 is 0 Å². The summed E-state index contributed by atoms with van der Waals surface area (Å²) in [5.74, 6) is 3.21. The van der Waals surface area contributed by atoms with E-state index in [1.807, 2.05) is 0 Å². The average Bonchev–Trinajstić information content (AvgIpc) is 2.79. The molecule has 0 heterocycles. The topological polar surface area (TPSA) is 63.3 Å². The maximum absolute atomic E-state index is 12.2. The minimum atomic E-state index is -0.319. The Hall–Kier alpha value is -0.410. The van der Waals surface area contributed by atoms with Crippen LogP contribution in [0.15, 0.2) is 0 Å². The largest absolute Gasteiger partial charge is 0.391 e. The summed E-state index contributed by atoms with van der Waals surface area (Å²) < 4.78 is 0. The lowest BCUT2D eigenvalue weighted by Crippen LogP contribution is -2.62. The van der Waals surface area contributed by atoms with Crippen LogP contribution < -0.4 is 5.73 Å². The minimum Gasteiger partial charge on any atom is -0.391 e. The van der Waals surface area contributed by atoms with Crippen molar-refractivity contribution < 1.29 is 9.90 Å². The highest BCUT2D eigenvalue weighted by Gasteiger charge is 2.61. The Morgan fingerprint density at radius 2 is 1.77 bits per heavy atom. The number of carbonyl (C=O) groups excluding carboxylic acids is 1. The van der Waals surface area contributed by atoms with Crippen molar-refractivity contribution >= 4 is 5.78 Å². The summed E-state index contributed by atoms with van der Waals surface area (Å²) in [6.07, 6.45) is 8.09. The summed E-state index contributed by atoms with van der Waals surface area (Å²) >= 11 is 0. The Morgan fingerprint density at radius 1 is 1.05 bits per heavy atom. The number of aliphatic hydroxyl groups excluding tert-OH is 1. The fraction of sp³-hybridized carbons (Fsp3) is 0.947. The first-order valence-corrected chi connectivity index (χ1v) is 9.37. The Morgan fingerprint density at radius 3 is 2.55 bits per heavy atom. The standard InChI is InChI=1S/C19H31NO2/c1-11-13-4-3-12-14(18(13,2)9-8-16(11)21)7-10-19(20)15(12)5-6-17(19)22/h11-15,17,22H,3-10,20H2,1-2H3/t11?,12-,13+,14+,15+,17+,18+,19-/m1/s1. The van der Waals surface area contributed by atoms with Gasteiger partial charge in [0.1, 0.15) is 5.78 Å². The zero-order chi connectivity index (χ0) is 15.7. The summed E-state index contributed by atoms with van der Waals surface area (Å²) in [5.41, 5.74) is 6.68. The number of aliphatic hydroxyl groups is 1. The van der Waals surface area contributed by atoms with Gasteiger partial charge in [-0.3, -0.25) is 4.79 Å². The van der Waals surface area contributed by atoms with Crippen LogP contribution in [0.5, 0.6) is 0 Å². The van der Waals surface area contributed by atoms with Crippen molar-refractivity contribution in [1.29, 1.82) is 0 Å². The first kappa shape index (κ1) is 15.1. The first-order chi connectivity index (χ1) is 10.4. The number of Topliss-reactive ketones (excluding diaryl/α,β-unsaturated/α-hetero) is 1. The lowest BCUT2D eigenvalue weighted by atomic mass is 9.45. The van der Waals surface area contributed by atoms with Crippen LogP contribution in [0.1, 0.15) is 65.2 Å². The van der Waals surface area contributed by atoms with Gasteiger partial charge in [-0.25, -0.2) is 0 Å². The van der Waals surface area contributed by atoms with Crippen molar-refractivity contribution in [2.75, 3.05) is 0 Å². The second-order valence-electron chi connectivity index (χ2n) is 9.07. The molecule has 0 saturated heterocycles. The highest BCUT2D eigenvalue weighted by atomic mass is 16.3. The lowest BCUT2D eigenvalue weighted by molar-refractivity contribution is -0.146. The molecule has 0 spiro atoms. The smallest absolute Gasteiger partial charge is 0.136 e. The number of hydrogen-bond donors (Lipinski definition) is 2. The second kappa shape index (κ2) is 4.80. The predicted molar refractivity (Wildman–Crippen MR) is 86.1 cm³/mol. The van der Waals surface area contributed by atoms with Gasteiger partial charge in [0.2, 0.25) is 0 Å². The number of nitrogens with two attached hydrogens (primary N) is 1. The number of carbonyl (C=O) groups is 1. The van der Waals surface area contributed by atoms with Crippen LogP contribution in [0.25, 0.3) is 0 Å². The van der Waals surface area contributed by atoms with Gasteiger partial charge in [0.15, 0.2) is 0 Å². The fourth-order valence-corrected chi connectivity index (χ4v) is 7.22. The van der Waals surface area contributed by atoms with Crippen molar-refractivity contribution in [2.24, 2.45) is 40.7 Å². The number of rotatable bonds is 0. The van der Waals surface area contributed by atoms with E-state index in [1.165, 1.54) is 12.8 Å². The molecule has 3 N–H and O–H groups in total. The third kappa shape index (κ3) is 1.78. The molecule has 4 fully saturated rings. The average molecular weight is 305 g/mol. The van der Waals surface area contributed by atoms with E-state index in [-0.39, 0.29) is 17.6 Å². The predicted octanol–water partition coefficient (Wildman–Crippen LogP) is 2.90. The summed E-state index contributed by atoms with van der Waals surface area (Å²) in [4.78, 5) is 12.2. The molecule has 4 rings (SSSR count). The third-order valence-corrected chi connectivity index (χ3v) is 8.51. The lowest BCUT2D eigenvalue weighted by Gasteiger charge is -2.60. The van der Waals surface area contributed by atoms with Crippen LogP contribution in [0.2, 0.25) is 0 Å². The van der Waals surface area contributed by atoms with Crippen LogP contribution in [-0.4, -0.2) is 22.5 Å². The summed E-state index contributed by atoms with van der Waals surface area (Å²) in [5, 5.41) is 10.4. The highest BCUT2D eigenvalue weighted by Crippen LogP contribution is 2.63. The van der Waals surface area contributed by atoms with Crippen molar-refractivity contribution in [3.63, 3.8) is 0 Å². The molecular weight excluding hydrogens is 274 g/mol. The third-order valence-electron chi connectivity index (χ3n) is 8.51. The summed E-state index contributed by atoms with van der Waals surface area (Å²) in [6, 6.07) is 0. The van der Waals surface area contributed by atoms with E-state index in [0.717, 1.165) is 38.5 Å². The molecule has 4 saturated carbocycles. The van der Waals surface area contributed by atoms with Gasteiger partial charge in [-0.05, 0) is 74.0 Å². The molecule has 1 unspecified atom stereocenters. The number of fused-ring (bicyclic) bond motifs is 5. The molecule has 8 atom stereocenters. The van der Waals surface area contributed by atoms with Crippen LogP contribution in [0.4, 0.5) is 0 Å². The molecule has 0 aromatic carbocycles. The SMILES string of the molecule is CC1C(=O)CC[C@@]2(C)[C@H]1CC[C@@H]1[C@@H]2CC[C@]2(N)[C@@H](O)CC[C@@H]12. The van der Waals surface area contributed by atoms with E-state index in [0.29, 0.717) is 34.9 Å². The van der Waals surface area contributed by atoms with Crippen LogP contribution in [0.3, 0.4) is 0 Å². The zero-order valence-corrected chi connectivity index (χ0v) is 14.1. The molecule has 3 nitrogen and oxygen atoms in total. The molecule has 0 aliphatic heterocycles. The number of hydrogen-bond acceptors (Lipinski definition) is 3. The molecule has 3 heteroatoms. The zero-order valence-electron chi connectivity index (χ0n) is 14.1. The van der Waals surface area contributed by atoms with E-state index in [4.69, 9.17) is 5.73 Å². The molecule has 0 bridgehead atoms. The Balaban J connectivity index is 1.65. The van der Waals surface area contributed by atoms with Crippen LogP contribution in [0, 0.1) is 35.0 Å². The van der Waals surface area contributed by atoms with Crippen molar-refractivity contribution in [3.8, 4) is 0 Å². The normalized spacial score (nSPS) is 57.9. The van der Waals surface area contributed by atoms with Gasteiger partial charge < -0.3 is 10.8 Å². The Labute approximate surface area is 134 Å². The quantitative estimate of drug-likeness (QED) is 0.723. The fourth-order valence-electron chi connectivity index (χ4n) is 7.22. The van der Waals surface area contributed by atoms with Crippen LogP contribution in [-0.2, 0) is 4.79 Å². The molecule has 0 radical (unpaired) electrons. The molecule has 0 amide bonds. The monoisotopic (exact) mass is 305 g/mol. The van der Waals surface area contributed by atoms with Gasteiger partial charge in [-0.1, -0.05) is 13.8 Å². The van der Waals surface area contributed by atoms with Gasteiger partial charge in [0.05, 0.1) is 6.10 Å².